The first-order chi connectivity index (χ1) is 4.22. The monoisotopic (exact) mass is 128 g/mol. The van der Waals surface area contributed by atoms with Gasteiger partial charge in [0.05, 0.1) is 0 Å². The highest BCUT2D eigenvalue weighted by Crippen LogP contribution is 2.08. The Balaban J connectivity index is 3.54. The van der Waals surface area contributed by atoms with E-state index in [4.69, 9.17) is 5.73 Å². The summed E-state index contributed by atoms with van der Waals surface area (Å²) in [6.45, 7) is 5.66. The molecular formula is C7H14NO. The zero-order valence-corrected chi connectivity index (χ0v) is 5.89. The summed E-state index contributed by atoms with van der Waals surface area (Å²) < 4.78 is 0. The van der Waals surface area contributed by atoms with Crippen molar-refractivity contribution in [1.82, 2.24) is 0 Å². The molecule has 0 aliphatic carbocycles. The topological polar surface area (TPSA) is 43.1 Å². The minimum atomic E-state index is -0.216. The Bertz CT molecular complexity index is 90.9. The lowest BCUT2D eigenvalue weighted by Gasteiger charge is -2.06. The molecule has 0 aromatic carbocycles. The van der Waals surface area contributed by atoms with Crippen molar-refractivity contribution in [1.29, 1.82) is 0 Å². The Morgan fingerprint density at radius 3 is 2.44 bits per heavy atom. The van der Waals surface area contributed by atoms with Gasteiger partial charge < -0.3 is 5.73 Å². The van der Waals surface area contributed by atoms with Crippen LogP contribution in [0.25, 0.3) is 0 Å². The predicted octanol–water partition coefficient (Wildman–Crippen LogP) is 1.11. The molecular weight excluding hydrogens is 114 g/mol. The zero-order valence-electron chi connectivity index (χ0n) is 5.89. The zero-order chi connectivity index (χ0) is 7.28. The maximum Gasteiger partial charge on any atom is 0.220 e. The van der Waals surface area contributed by atoms with E-state index in [9.17, 15) is 4.79 Å². The first kappa shape index (κ1) is 8.47. The summed E-state index contributed by atoms with van der Waals surface area (Å²) in [4.78, 5) is 10.5. The predicted molar refractivity (Wildman–Crippen MR) is 37.6 cm³/mol. The molecule has 9 heavy (non-hydrogen) atoms. The van der Waals surface area contributed by atoms with Crippen molar-refractivity contribution in [3.8, 4) is 0 Å². The Hall–Kier alpha value is -0.530. The molecule has 0 aromatic rings. The molecule has 0 fully saturated rings. The van der Waals surface area contributed by atoms with Gasteiger partial charge in [0.1, 0.15) is 0 Å². The van der Waals surface area contributed by atoms with Gasteiger partial charge in [-0.15, -0.1) is 0 Å². The molecule has 0 rings (SSSR count). The second-order valence-corrected chi connectivity index (χ2v) is 2.18. The molecule has 1 atom stereocenters. The van der Waals surface area contributed by atoms with Gasteiger partial charge in [-0.05, 0) is 12.8 Å². The van der Waals surface area contributed by atoms with Crippen LogP contribution in [0.3, 0.4) is 0 Å². The van der Waals surface area contributed by atoms with Gasteiger partial charge >= 0.3 is 0 Å². The molecule has 53 valence electrons. The maximum absolute atomic E-state index is 10.5. The van der Waals surface area contributed by atoms with Gasteiger partial charge in [-0.3, -0.25) is 4.79 Å². The van der Waals surface area contributed by atoms with Gasteiger partial charge in [-0.1, -0.05) is 20.3 Å². The van der Waals surface area contributed by atoms with E-state index in [0.717, 1.165) is 12.8 Å². The van der Waals surface area contributed by atoms with E-state index in [1.807, 2.05) is 6.92 Å². The highest BCUT2D eigenvalue weighted by atomic mass is 16.1. The van der Waals surface area contributed by atoms with Crippen LogP contribution in [0.4, 0.5) is 0 Å². The van der Waals surface area contributed by atoms with Gasteiger partial charge in [0.25, 0.3) is 0 Å². The van der Waals surface area contributed by atoms with E-state index in [1.165, 1.54) is 0 Å². The molecule has 1 amide bonds. The number of primary amides is 1. The Labute approximate surface area is 56.4 Å². The minimum absolute atomic E-state index is 0.00463. The molecule has 0 aliphatic rings. The van der Waals surface area contributed by atoms with Crippen molar-refractivity contribution in [2.75, 3.05) is 0 Å². The number of nitrogens with two attached hydrogens (primary N) is 1. The molecule has 0 aromatic heterocycles. The summed E-state index contributed by atoms with van der Waals surface area (Å²) in [5.74, 6) is -0.221. The van der Waals surface area contributed by atoms with Crippen molar-refractivity contribution in [2.24, 2.45) is 11.7 Å². The van der Waals surface area contributed by atoms with E-state index in [0.29, 0.717) is 6.42 Å². The number of hydrogen-bond donors (Lipinski definition) is 1. The van der Waals surface area contributed by atoms with Crippen molar-refractivity contribution in [3.63, 3.8) is 0 Å². The molecule has 1 unspecified atom stereocenters. The van der Waals surface area contributed by atoms with Crippen molar-refractivity contribution in [3.05, 3.63) is 6.92 Å². The molecule has 0 spiro atoms. The summed E-state index contributed by atoms with van der Waals surface area (Å²) in [6.07, 6.45) is 2.51. The van der Waals surface area contributed by atoms with Crippen LogP contribution in [0.15, 0.2) is 0 Å². The van der Waals surface area contributed by atoms with Crippen LogP contribution in [-0.2, 0) is 4.79 Å². The molecule has 2 heteroatoms. The van der Waals surface area contributed by atoms with Gasteiger partial charge in [0.2, 0.25) is 5.91 Å². The van der Waals surface area contributed by atoms with Crippen molar-refractivity contribution < 1.29 is 4.79 Å². The smallest absolute Gasteiger partial charge is 0.220 e. The van der Waals surface area contributed by atoms with Crippen LogP contribution in [0, 0.1) is 12.8 Å². The van der Waals surface area contributed by atoms with E-state index < -0.39 is 0 Å². The Kier molecular flexibility index (Phi) is 4.10. The third-order valence-electron chi connectivity index (χ3n) is 1.39. The molecule has 0 saturated carbocycles. The number of rotatable bonds is 4. The summed E-state index contributed by atoms with van der Waals surface area (Å²) in [7, 11) is 0. The van der Waals surface area contributed by atoms with Gasteiger partial charge in [-0.25, -0.2) is 0 Å². The quantitative estimate of drug-likeness (QED) is 0.605. The van der Waals surface area contributed by atoms with Crippen LogP contribution >= 0.6 is 0 Å². The fraction of sp³-hybridized carbons (Fsp3) is 0.714. The summed E-state index contributed by atoms with van der Waals surface area (Å²) in [5.41, 5.74) is 5.05. The summed E-state index contributed by atoms with van der Waals surface area (Å²) in [6, 6.07) is 0. The largest absolute Gasteiger partial charge is 0.369 e. The first-order valence-corrected chi connectivity index (χ1v) is 3.31. The molecule has 0 aliphatic heterocycles. The normalized spacial score (nSPS) is 13.1. The van der Waals surface area contributed by atoms with Crippen LogP contribution in [-0.4, -0.2) is 5.91 Å². The highest BCUT2D eigenvalue weighted by molar-refractivity contribution is 5.76. The van der Waals surface area contributed by atoms with Crippen molar-refractivity contribution in [2.45, 2.75) is 26.2 Å². The maximum atomic E-state index is 10.5. The van der Waals surface area contributed by atoms with Crippen LogP contribution < -0.4 is 5.73 Å². The summed E-state index contributed by atoms with van der Waals surface area (Å²) >= 11 is 0. The van der Waals surface area contributed by atoms with Gasteiger partial charge in [0, 0.05) is 5.92 Å². The second kappa shape index (κ2) is 4.36. The Morgan fingerprint density at radius 2 is 2.33 bits per heavy atom. The second-order valence-electron chi connectivity index (χ2n) is 2.18. The standard InChI is InChI=1S/C7H14NO/c1-3-5-6(4-2)7(8)9/h6H,2-5H2,1H3,(H2,8,9). The Morgan fingerprint density at radius 1 is 1.78 bits per heavy atom. The van der Waals surface area contributed by atoms with E-state index in [1.54, 1.807) is 0 Å². The minimum Gasteiger partial charge on any atom is -0.369 e. The molecule has 2 N–H and O–H groups in total. The van der Waals surface area contributed by atoms with Crippen LogP contribution in [0.2, 0.25) is 0 Å². The summed E-state index contributed by atoms with van der Waals surface area (Å²) in [5, 5.41) is 0. The fourth-order valence-corrected chi connectivity index (χ4v) is 0.777. The molecule has 2 nitrogen and oxygen atoms in total. The third kappa shape index (κ3) is 3.12. The molecule has 0 saturated heterocycles. The number of carbonyl (C=O) groups excluding carboxylic acids is 1. The van der Waals surface area contributed by atoms with E-state index in [2.05, 4.69) is 6.92 Å². The number of amides is 1. The molecule has 0 heterocycles. The first-order valence-electron chi connectivity index (χ1n) is 3.31. The van der Waals surface area contributed by atoms with Crippen LogP contribution in [0.5, 0.6) is 0 Å². The SMILES string of the molecule is [CH2]CC(CCC)C(N)=O. The number of carbonyl (C=O) groups is 1. The lowest BCUT2D eigenvalue weighted by Crippen LogP contribution is -2.22. The lowest BCUT2D eigenvalue weighted by atomic mass is 10.0. The molecule has 0 bridgehead atoms. The van der Waals surface area contributed by atoms with Crippen LogP contribution in [0.1, 0.15) is 26.2 Å². The van der Waals surface area contributed by atoms with E-state index >= 15 is 0 Å². The highest BCUT2D eigenvalue weighted by Gasteiger charge is 2.09. The van der Waals surface area contributed by atoms with Crippen molar-refractivity contribution >= 4 is 5.91 Å². The molecule has 1 radical (unpaired) electrons. The lowest BCUT2D eigenvalue weighted by molar-refractivity contribution is -0.121. The van der Waals surface area contributed by atoms with Gasteiger partial charge in [0.15, 0.2) is 0 Å². The third-order valence-corrected chi connectivity index (χ3v) is 1.39. The average molecular weight is 128 g/mol. The average Bonchev–Trinajstić information content (AvgIpc) is 1.82. The van der Waals surface area contributed by atoms with Gasteiger partial charge in [-0.2, -0.15) is 0 Å². The fourth-order valence-electron chi connectivity index (χ4n) is 0.777. The number of hydrogen-bond acceptors (Lipinski definition) is 1. The van der Waals surface area contributed by atoms with E-state index in [-0.39, 0.29) is 11.8 Å².